The average molecular weight is 377 g/mol. The highest BCUT2D eigenvalue weighted by atomic mass is 16.5. The van der Waals surface area contributed by atoms with Gasteiger partial charge in [-0.05, 0) is 34.2 Å². The monoisotopic (exact) mass is 377 g/mol. The molecule has 0 aromatic heterocycles. The summed E-state index contributed by atoms with van der Waals surface area (Å²) in [5, 5.41) is 14.2. The van der Waals surface area contributed by atoms with Crippen LogP contribution in [0.2, 0.25) is 0 Å². The van der Waals surface area contributed by atoms with Crippen LogP contribution in [0.4, 0.5) is 4.79 Å². The predicted molar refractivity (Wildman–Crippen MR) is 108 cm³/mol. The highest BCUT2D eigenvalue weighted by Gasteiger charge is 2.24. The fourth-order valence-electron chi connectivity index (χ4n) is 3.29. The van der Waals surface area contributed by atoms with Crippen LogP contribution in [0.25, 0.3) is 10.8 Å². The first kappa shape index (κ1) is 19.4. The fourth-order valence-corrected chi connectivity index (χ4v) is 3.29. The number of rotatable bonds is 7. The molecule has 0 saturated carbocycles. The van der Waals surface area contributed by atoms with E-state index in [0.29, 0.717) is 0 Å². The van der Waals surface area contributed by atoms with Crippen LogP contribution >= 0.6 is 0 Å². The molecule has 0 heterocycles. The van der Waals surface area contributed by atoms with Crippen molar-refractivity contribution in [3.05, 3.63) is 83.9 Å². The number of alkyl carbamates (subject to hydrolysis) is 1. The molecule has 0 radical (unpaired) electrons. The molecule has 2 N–H and O–H groups in total. The topological polar surface area (TPSA) is 75.6 Å². The maximum absolute atomic E-state index is 12.1. The van der Waals surface area contributed by atoms with E-state index in [4.69, 9.17) is 4.74 Å². The Balaban J connectivity index is 1.65. The number of carbonyl (C=O) groups excluding carboxylic acids is 1. The molecule has 3 aromatic carbocycles. The van der Waals surface area contributed by atoms with E-state index >= 15 is 0 Å². The predicted octanol–water partition coefficient (Wildman–Crippen LogP) is 4.71. The molecule has 2 atom stereocenters. The lowest BCUT2D eigenvalue weighted by atomic mass is 9.90. The zero-order valence-electron chi connectivity index (χ0n) is 15.7. The lowest BCUT2D eigenvalue weighted by Gasteiger charge is -2.20. The Bertz CT molecular complexity index is 950. The van der Waals surface area contributed by atoms with Gasteiger partial charge in [0.25, 0.3) is 0 Å². The highest BCUT2D eigenvalue weighted by molar-refractivity contribution is 5.86. The van der Waals surface area contributed by atoms with Gasteiger partial charge in [0.05, 0.1) is 0 Å². The molecule has 0 spiro atoms. The van der Waals surface area contributed by atoms with E-state index in [1.807, 2.05) is 79.7 Å². The second-order valence-corrected chi connectivity index (χ2v) is 6.80. The second kappa shape index (κ2) is 9.04. The zero-order chi connectivity index (χ0) is 19.9. The van der Waals surface area contributed by atoms with Crippen LogP contribution < -0.4 is 5.32 Å². The number of amides is 1. The molecule has 2 unspecified atom stereocenters. The van der Waals surface area contributed by atoms with Crippen LogP contribution in [0, 0.1) is 0 Å². The summed E-state index contributed by atoms with van der Waals surface area (Å²) < 4.78 is 5.15. The van der Waals surface area contributed by atoms with Crippen LogP contribution in [0.15, 0.2) is 72.8 Å². The first-order valence-electron chi connectivity index (χ1n) is 9.22. The zero-order valence-corrected chi connectivity index (χ0v) is 15.7. The second-order valence-electron chi connectivity index (χ2n) is 6.80. The van der Waals surface area contributed by atoms with Gasteiger partial charge in [0.2, 0.25) is 0 Å². The molecule has 0 bridgehead atoms. The number of hydrogen-bond acceptors (Lipinski definition) is 3. The van der Waals surface area contributed by atoms with Gasteiger partial charge in [0.15, 0.2) is 0 Å². The van der Waals surface area contributed by atoms with Crippen molar-refractivity contribution in [3.63, 3.8) is 0 Å². The van der Waals surface area contributed by atoms with Crippen molar-refractivity contribution >= 4 is 22.8 Å². The van der Waals surface area contributed by atoms with E-state index in [1.165, 1.54) is 0 Å². The Morgan fingerprint density at radius 2 is 1.64 bits per heavy atom. The van der Waals surface area contributed by atoms with Crippen LogP contribution in [-0.2, 0) is 16.1 Å². The van der Waals surface area contributed by atoms with E-state index in [9.17, 15) is 14.7 Å². The summed E-state index contributed by atoms with van der Waals surface area (Å²) in [6.45, 7) is 2.06. The minimum atomic E-state index is -1.08. The Morgan fingerprint density at radius 1 is 0.964 bits per heavy atom. The van der Waals surface area contributed by atoms with Crippen molar-refractivity contribution in [2.75, 3.05) is 0 Å². The number of carboxylic acid groups (broad SMARTS) is 1. The number of carboxylic acids is 1. The molecule has 0 saturated heterocycles. The van der Waals surface area contributed by atoms with Gasteiger partial charge in [-0.3, -0.25) is 0 Å². The Morgan fingerprint density at radius 3 is 2.39 bits per heavy atom. The first-order valence-corrected chi connectivity index (χ1v) is 9.22. The van der Waals surface area contributed by atoms with Gasteiger partial charge in [-0.2, -0.15) is 0 Å². The van der Waals surface area contributed by atoms with E-state index in [-0.39, 0.29) is 18.9 Å². The van der Waals surface area contributed by atoms with Crippen LogP contribution in [0.5, 0.6) is 0 Å². The number of benzene rings is 3. The quantitative estimate of drug-likeness (QED) is 0.625. The van der Waals surface area contributed by atoms with Gasteiger partial charge in [-0.1, -0.05) is 79.7 Å². The largest absolute Gasteiger partial charge is 0.480 e. The molecule has 28 heavy (non-hydrogen) atoms. The van der Waals surface area contributed by atoms with E-state index in [1.54, 1.807) is 0 Å². The van der Waals surface area contributed by atoms with Gasteiger partial charge >= 0.3 is 12.1 Å². The molecule has 3 rings (SSSR count). The number of aliphatic carboxylic acids is 1. The normalized spacial score (nSPS) is 12.9. The molecule has 0 fully saturated rings. The van der Waals surface area contributed by atoms with Gasteiger partial charge in [0.1, 0.15) is 12.6 Å². The number of carbonyl (C=O) groups is 2. The molecule has 3 aromatic rings. The summed E-state index contributed by atoms with van der Waals surface area (Å²) >= 11 is 0. The van der Waals surface area contributed by atoms with E-state index < -0.39 is 18.1 Å². The average Bonchev–Trinajstić information content (AvgIpc) is 2.72. The van der Waals surface area contributed by atoms with Gasteiger partial charge < -0.3 is 15.2 Å². The maximum Gasteiger partial charge on any atom is 0.408 e. The molecule has 144 valence electrons. The van der Waals surface area contributed by atoms with Crippen molar-refractivity contribution in [2.45, 2.75) is 31.9 Å². The minimum absolute atomic E-state index is 0.0541. The summed E-state index contributed by atoms with van der Waals surface area (Å²) in [4.78, 5) is 23.7. The smallest absolute Gasteiger partial charge is 0.408 e. The van der Waals surface area contributed by atoms with Gasteiger partial charge in [-0.25, -0.2) is 9.59 Å². The van der Waals surface area contributed by atoms with Crippen molar-refractivity contribution < 1.29 is 19.4 Å². The van der Waals surface area contributed by atoms with Crippen LogP contribution in [-0.4, -0.2) is 23.2 Å². The number of ether oxygens (including phenoxy) is 1. The van der Waals surface area contributed by atoms with Gasteiger partial charge in [0, 0.05) is 0 Å². The molecular weight excluding hydrogens is 354 g/mol. The van der Waals surface area contributed by atoms with Crippen molar-refractivity contribution in [1.29, 1.82) is 0 Å². The van der Waals surface area contributed by atoms with E-state index in [0.717, 1.165) is 21.9 Å². The molecular formula is C23H23NO4. The third-order valence-corrected chi connectivity index (χ3v) is 4.75. The summed E-state index contributed by atoms with van der Waals surface area (Å²) in [7, 11) is 0. The molecule has 0 aliphatic carbocycles. The van der Waals surface area contributed by atoms with E-state index in [2.05, 4.69) is 5.32 Å². The molecule has 1 amide bonds. The Kier molecular flexibility index (Phi) is 6.27. The lowest BCUT2D eigenvalue weighted by Crippen LogP contribution is -2.41. The third-order valence-electron chi connectivity index (χ3n) is 4.75. The standard InChI is InChI=1S/C23H23NO4/c1-16(19-13-7-11-18-10-5-6-12-20(18)19)14-21(22(25)26)24-23(27)28-15-17-8-3-2-4-9-17/h2-13,16,21H,14-15H2,1H3,(H,24,27)(H,25,26). The van der Waals surface area contributed by atoms with Crippen LogP contribution in [0.3, 0.4) is 0 Å². The maximum atomic E-state index is 12.1. The number of fused-ring (bicyclic) bond motifs is 1. The molecule has 0 aliphatic heterocycles. The van der Waals surface area contributed by atoms with Crippen molar-refractivity contribution in [3.8, 4) is 0 Å². The van der Waals surface area contributed by atoms with Crippen LogP contribution in [0.1, 0.15) is 30.4 Å². The summed E-state index contributed by atoms with van der Waals surface area (Å²) in [6, 6.07) is 22.2. The Labute approximate surface area is 164 Å². The SMILES string of the molecule is CC(CC(NC(=O)OCc1ccccc1)C(=O)O)c1cccc2ccccc12. The van der Waals surface area contributed by atoms with Gasteiger partial charge in [-0.15, -0.1) is 0 Å². The summed E-state index contributed by atoms with van der Waals surface area (Å²) in [5.41, 5.74) is 1.90. The molecule has 5 heteroatoms. The number of nitrogens with one attached hydrogen (secondary N) is 1. The number of hydrogen-bond donors (Lipinski definition) is 2. The fraction of sp³-hybridized carbons (Fsp3) is 0.217. The molecule has 0 aliphatic rings. The van der Waals surface area contributed by atoms with Crippen molar-refractivity contribution in [1.82, 2.24) is 5.32 Å². The molecule has 5 nitrogen and oxygen atoms in total. The minimum Gasteiger partial charge on any atom is -0.480 e. The first-order chi connectivity index (χ1) is 13.5. The summed E-state index contributed by atoms with van der Waals surface area (Å²) in [6.07, 6.45) is -0.467. The Hall–Kier alpha value is -3.34. The van der Waals surface area contributed by atoms with Crippen molar-refractivity contribution in [2.24, 2.45) is 0 Å². The highest BCUT2D eigenvalue weighted by Crippen LogP contribution is 2.28. The summed E-state index contributed by atoms with van der Waals surface area (Å²) in [5.74, 6) is -1.13. The lowest BCUT2D eigenvalue weighted by molar-refractivity contribution is -0.139. The third kappa shape index (κ3) is 4.88.